The van der Waals surface area contributed by atoms with Gasteiger partial charge in [0.15, 0.2) is 0 Å². The standard InChI is InChI=1S/C11H8N2O3S/c14-10-13-6-7-17-11(15,9(13)12-16-10)8-4-2-1-3-5-8/h1-7,15H. The summed E-state index contributed by atoms with van der Waals surface area (Å²) in [6.45, 7) is 0. The van der Waals surface area contributed by atoms with Crippen LogP contribution in [0.3, 0.4) is 0 Å². The van der Waals surface area contributed by atoms with Gasteiger partial charge in [0.2, 0.25) is 10.8 Å². The zero-order valence-corrected chi connectivity index (χ0v) is 9.42. The lowest BCUT2D eigenvalue weighted by Crippen LogP contribution is -2.30. The van der Waals surface area contributed by atoms with E-state index in [1.165, 1.54) is 22.5 Å². The number of hydrogen-bond acceptors (Lipinski definition) is 5. The third-order valence-corrected chi connectivity index (χ3v) is 3.57. The van der Waals surface area contributed by atoms with Crippen LogP contribution in [0.4, 0.5) is 0 Å². The van der Waals surface area contributed by atoms with Crippen LogP contribution in [0.25, 0.3) is 6.20 Å². The highest BCUT2D eigenvalue weighted by Gasteiger charge is 2.40. The molecule has 3 rings (SSSR count). The Morgan fingerprint density at radius 2 is 2.12 bits per heavy atom. The summed E-state index contributed by atoms with van der Waals surface area (Å²) in [6.07, 6.45) is 1.52. The Hall–Kier alpha value is -1.79. The number of thioether (sulfide) groups is 1. The van der Waals surface area contributed by atoms with Crippen LogP contribution in [0.15, 0.2) is 45.1 Å². The predicted molar refractivity (Wildman–Crippen MR) is 63.1 cm³/mol. The molecule has 1 aliphatic rings. The predicted octanol–water partition coefficient (Wildman–Crippen LogP) is 1.20. The number of benzene rings is 1. The molecule has 1 aromatic carbocycles. The van der Waals surface area contributed by atoms with Crippen molar-refractivity contribution in [3.8, 4) is 0 Å². The van der Waals surface area contributed by atoms with Crippen LogP contribution in [0, 0.1) is 0 Å². The van der Waals surface area contributed by atoms with Crippen LogP contribution in [-0.2, 0) is 4.93 Å². The molecule has 1 N–H and O–H groups in total. The minimum Gasteiger partial charge on any atom is -0.368 e. The monoisotopic (exact) mass is 248 g/mol. The van der Waals surface area contributed by atoms with Crippen LogP contribution in [0.5, 0.6) is 0 Å². The second kappa shape index (κ2) is 3.61. The first kappa shape index (κ1) is 10.4. The second-order valence-corrected chi connectivity index (χ2v) is 4.65. The van der Waals surface area contributed by atoms with Crippen LogP contribution in [0.2, 0.25) is 0 Å². The Bertz CT molecular complexity index is 632. The molecule has 5 nitrogen and oxygen atoms in total. The molecule has 0 amide bonds. The van der Waals surface area contributed by atoms with Crippen molar-refractivity contribution in [1.82, 2.24) is 9.72 Å². The van der Waals surface area contributed by atoms with Crippen LogP contribution in [-0.4, -0.2) is 14.8 Å². The summed E-state index contributed by atoms with van der Waals surface area (Å²) < 4.78 is 5.77. The summed E-state index contributed by atoms with van der Waals surface area (Å²) in [6, 6.07) is 9.03. The van der Waals surface area contributed by atoms with E-state index in [1.54, 1.807) is 17.5 Å². The molecule has 6 heteroatoms. The molecule has 0 fully saturated rings. The summed E-state index contributed by atoms with van der Waals surface area (Å²) in [5.74, 6) is -0.424. The van der Waals surface area contributed by atoms with Gasteiger partial charge in [0.1, 0.15) is 0 Å². The van der Waals surface area contributed by atoms with Crippen molar-refractivity contribution in [2.75, 3.05) is 0 Å². The lowest BCUT2D eigenvalue weighted by molar-refractivity contribution is 0.165. The Labute approximate surface area is 100 Å². The third kappa shape index (κ3) is 1.45. The average Bonchev–Trinajstić information content (AvgIpc) is 2.74. The Morgan fingerprint density at radius 3 is 2.88 bits per heavy atom. The van der Waals surface area contributed by atoms with Crippen molar-refractivity contribution in [2.45, 2.75) is 4.93 Å². The number of rotatable bonds is 1. The van der Waals surface area contributed by atoms with Crippen molar-refractivity contribution in [1.29, 1.82) is 0 Å². The van der Waals surface area contributed by atoms with Gasteiger partial charge in [-0.1, -0.05) is 47.3 Å². The molecule has 0 aliphatic carbocycles. The maximum absolute atomic E-state index is 11.3. The Kier molecular flexibility index (Phi) is 2.20. The molecule has 0 saturated carbocycles. The fraction of sp³-hybridized carbons (Fsp3) is 0.0909. The van der Waals surface area contributed by atoms with Crippen molar-refractivity contribution in [2.24, 2.45) is 0 Å². The van der Waals surface area contributed by atoms with E-state index in [2.05, 4.69) is 9.68 Å². The number of hydrogen-bond donors (Lipinski definition) is 1. The maximum Gasteiger partial charge on any atom is 0.445 e. The van der Waals surface area contributed by atoms with Gasteiger partial charge in [-0.05, 0) is 5.41 Å². The number of aliphatic hydroxyl groups is 1. The maximum atomic E-state index is 11.3. The largest absolute Gasteiger partial charge is 0.445 e. The summed E-state index contributed by atoms with van der Waals surface area (Å²) in [5, 5.41) is 15.9. The van der Waals surface area contributed by atoms with E-state index >= 15 is 0 Å². The zero-order valence-electron chi connectivity index (χ0n) is 8.61. The molecule has 0 saturated heterocycles. The van der Waals surface area contributed by atoms with Crippen molar-refractivity contribution in [3.05, 3.63) is 57.7 Å². The molecule has 86 valence electrons. The van der Waals surface area contributed by atoms with Gasteiger partial charge < -0.3 is 5.11 Å². The van der Waals surface area contributed by atoms with E-state index < -0.39 is 10.7 Å². The van der Waals surface area contributed by atoms with E-state index in [4.69, 9.17) is 0 Å². The van der Waals surface area contributed by atoms with E-state index in [1.807, 2.05) is 18.2 Å². The summed E-state index contributed by atoms with van der Waals surface area (Å²) >= 11 is 1.17. The van der Waals surface area contributed by atoms with E-state index in [-0.39, 0.29) is 5.82 Å². The first-order chi connectivity index (χ1) is 8.22. The highest BCUT2D eigenvalue weighted by atomic mass is 32.2. The SMILES string of the molecule is O=c1onc2n1C=CSC2(O)c1ccccc1. The summed E-state index contributed by atoms with van der Waals surface area (Å²) in [5.41, 5.74) is 0.649. The van der Waals surface area contributed by atoms with Crippen LogP contribution in [0.1, 0.15) is 11.4 Å². The van der Waals surface area contributed by atoms with Crippen LogP contribution < -0.4 is 5.76 Å². The minimum atomic E-state index is -1.39. The number of fused-ring (bicyclic) bond motifs is 1. The quantitative estimate of drug-likeness (QED) is 0.821. The second-order valence-electron chi connectivity index (χ2n) is 3.56. The molecule has 2 heterocycles. The normalized spacial score (nSPS) is 22.4. The van der Waals surface area contributed by atoms with E-state index in [0.717, 1.165) is 0 Å². The molecule has 0 spiro atoms. The van der Waals surface area contributed by atoms with E-state index in [9.17, 15) is 9.90 Å². The molecule has 0 radical (unpaired) electrons. The lowest BCUT2D eigenvalue weighted by atomic mass is 10.1. The van der Waals surface area contributed by atoms with Crippen molar-refractivity contribution < 1.29 is 9.63 Å². The van der Waals surface area contributed by atoms with Gasteiger partial charge >= 0.3 is 5.76 Å². The van der Waals surface area contributed by atoms with Crippen molar-refractivity contribution in [3.63, 3.8) is 0 Å². The van der Waals surface area contributed by atoms with Gasteiger partial charge in [-0.25, -0.2) is 9.36 Å². The van der Waals surface area contributed by atoms with E-state index in [0.29, 0.717) is 5.56 Å². The third-order valence-electron chi connectivity index (χ3n) is 2.55. The molecule has 1 unspecified atom stereocenters. The fourth-order valence-electron chi connectivity index (χ4n) is 1.72. The highest BCUT2D eigenvalue weighted by molar-refractivity contribution is 8.03. The van der Waals surface area contributed by atoms with Gasteiger partial charge in [0.25, 0.3) is 0 Å². The van der Waals surface area contributed by atoms with Crippen molar-refractivity contribution >= 4 is 18.0 Å². The molecule has 1 atom stereocenters. The minimum absolute atomic E-state index is 0.182. The number of nitrogens with zero attached hydrogens (tertiary/aromatic N) is 2. The average molecular weight is 248 g/mol. The lowest BCUT2D eigenvalue weighted by Gasteiger charge is -2.26. The molecule has 2 aromatic rings. The Morgan fingerprint density at radius 1 is 1.35 bits per heavy atom. The zero-order chi connectivity index (χ0) is 11.9. The Balaban J connectivity index is 2.23. The van der Waals surface area contributed by atoms with Crippen LogP contribution >= 0.6 is 11.8 Å². The van der Waals surface area contributed by atoms with Gasteiger partial charge in [-0.2, -0.15) is 0 Å². The topological polar surface area (TPSA) is 68.3 Å². The van der Waals surface area contributed by atoms with Gasteiger partial charge in [0, 0.05) is 11.8 Å². The molecule has 0 bridgehead atoms. The van der Waals surface area contributed by atoms with Gasteiger partial charge in [-0.15, -0.1) is 0 Å². The number of aromatic nitrogens is 2. The first-order valence-corrected chi connectivity index (χ1v) is 5.81. The summed E-state index contributed by atoms with van der Waals surface area (Å²) in [4.78, 5) is 9.96. The molecule has 17 heavy (non-hydrogen) atoms. The summed E-state index contributed by atoms with van der Waals surface area (Å²) in [7, 11) is 0. The van der Waals surface area contributed by atoms with Gasteiger partial charge in [0.05, 0.1) is 0 Å². The molecule has 1 aliphatic heterocycles. The first-order valence-electron chi connectivity index (χ1n) is 4.93. The highest BCUT2D eigenvalue weighted by Crippen LogP contribution is 2.41. The molecular formula is C11H8N2O3S. The van der Waals surface area contributed by atoms with Gasteiger partial charge in [-0.3, -0.25) is 4.52 Å². The smallest absolute Gasteiger partial charge is 0.368 e. The molecule has 1 aromatic heterocycles. The fourth-order valence-corrected chi connectivity index (χ4v) is 2.61. The molecular weight excluding hydrogens is 240 g/mol.